The van der Waals surface area contributed by atoms with Gasteiger partial charge in [-0.1, -0.05) is 12.8 Å². The van der Waals surface area contributed by atoms with Gasteiger partial charge in [0.25, 0.3) is 0 Å². The monoisotopic (exact) mass is 310 g/mol. The van der Waals surface area contributed by atoms with Gasteiger partial charge in [-0.25, -0.2) is 8.42 Å². The maximum Gasteiger partial charge on any atom is 0.217 e. The van der Waals surface area contributed by atoms with E-state index in [2.05, 4.69) is 9.88 Å². The minimum Gasteiger partial charge on any atom is -0.396 e. The Balaban J connectivity index is 1.66. The van der Waals surface area contributed by atoms with Crippen LogP contribution in [0.3, 0.4) is 0 Å². The second kappa shape index (κ2) is 5.81. The topological polar surface area (TPSA) is 79.5 Å². The maximum atomic E-state index is 12.6. The first-order valence-electron chi connectivity index (χ1n) is 7.52. The predicted molar refractivity (Wildman–Crippen MR) is 83.6 cm³/mol. The molecule has 0 aromatic carbocycles. The second-order valence-corrected chi connectivity index (χ2v) is 7.99. The number of nitrogen functional groups attached to an aromatic ring is 1. The van der Waals surface area contributed by atoms with Gasteiger partial charge in [-0.3, -0.25) is 4.98 Å². The fourth-order valence-electron chi connectivity index (χ4n) is 3.27. The quantitative estimate of drug-likeness (QED) is 0.903. The van der Waals surface area contributed by atoms with Gasteiger partial charge >= 0.3 is 0 Å². The fraction of sp³-hybridized carbons (Fsp3) is 0.643. The summed E-state index contributed by atoms with van der Waals surface area (Å²) >= 11 is 0. The van der Waals surface area contributed by atoms with Gasteiger partial charge in [0.2, 0.25) is 10.0 Å². The van der Waals surface area contributed by atoms with Crippen molar-refractivity contribution < 1.29 is 8.42 Å². The number of nitrogens with two attached hydrogens (primary N) is 1. The zero-order valence-corrected chi connectivity index (χ0v) is 12.9. The van der Waals surface area contributed by atoms with Crippen LogP contribution in [0.1, 0.15) is 25.7 Å². The summed E-state index contributed by atoms with van der Waals surface area (Å²) in [7, 11) is -3.11. The highest BCUT2D eigenvalue weighted by atomic mass is 32.2. The smallest absolute Gasteiger partial charge is 0.217 e. The van der Waals surface area contributed by atoms with Crippen LogP contribution in [-0.2, 0) is 10.0 Å². The summed E-state index contributed by atoms with van der Waals surface area (Å²) in [6, 6.07) is 1.89. The predicted octanol–water partition coefficient (Wildman–Crippen LogP) is 1.06. The molecule has 1 aromatic heterocycles. The van der Waals surface area contributed by atoms with Crippen molar-refractivity contribution in [3.8, 4) is 0 Å². The Hall–Kier alpha value is -1.34. The molecule has 0 unspecified atom stereocenters. The van der Waals surface area contributed by atoms with Gasteiger partial charge in [-0.2, -0.15) is 4.31 Å². The van der Waals surface area contributed by atoms with Crippen LogP contribution in [0.5, 0.6) is 0 Å². The molecule has 1 aliphatic heterocycles. The van der Waals surface area contributed by atoms with Crippen molar-refractivity contribution in [2.24, 2.45) is 0 Å². The molecular weight excluding hydrogens is 288 g/mol. The second-order valence-electron chi connectivity index (χ2n) is 5.77. The Kier molecular flexibility index (Phi) is 4.03. The average Bonchev–Trinajstić information content (AvgIpc) is 3.03. The van der Waals surface area contributed by atoms with Crippen LogP contribution < -0.4 is 10.6 Å². The van der Waals surface area contributed by atoms with Crippen LogP contribution in [-0.4, -0.2) is 49.1 Å². The summed E-state index contributed by atoms with van der Waals surface area (Å²) in [4.78, 5) is 6.12. The zero-order valence-electron chi connectivity index (χ0n) is 12.1. The summed E-state index contributed by atoms with van der Waals surface area (Å²) < 4.78 is 26.8. The normalized spacial score (nSPS) is 21.8. The molecule has 2 fully saturated rings. The maximum absolute atomic E-state index is 12.6. The molecule has 0 radical (unpaired) electrons. The largest absolute Gasteiger partial charge is 0.396 e. The molecule has 1 aliphatic carbocycles. The van der Waals surface area contributed by atoms with E-state index in [1.54, 1.807) is 16.7 Å². The van der Waals surface area contributed by atoms with Gasteiger partial charge in [-0.05, 0) is 18.9 Å². The molecule has 0 atom stereocenters. The van der Waals surface area contributed by atoms with Gasteiger partial charge in [0.1, 0.15) is 0 Å². The van der Waals surface area contributed by atoms with E-state index in [4.69, 9.17) is 5.73 Å². The van der Waals surface area contributed by atoms with E-state index in [1.807, 2.05) is 6.07 Å². The van der Waals surface area contributed by atoms with E-state index in [0.717, 1.165) is 31.4 Å². The number of nitrogens with zero attached hydrogens (tertiary/aromatic N) is 3. The van der Waals surface area contributed by atoms with Crippen molar-refractivity contribution >= 4 is 21.4 Å². The van der Waals surface area contributed by atoms with Crippen LogP contribution in [0, 0.1) is 0 Å². The number of pyridine rings is 1. The molecule has 116 valence electrons. The summed E-state index contributed by atoms with van der Waals surface area (Å²) in [6.45, 7) is 2.45. The Morgan fingerprint density at radius 1 is 1.14 bits per heavy atom. The lowest BCUT2D eigenvalue weighted by molar-refractivity contribution is 0.379. The van der Waals surface area contributed by atoms with Gasteiger partial charge in [0.05, 0.1) is 22.8 Å². The molecule has 3 rings (SSSR count). The van der Waals surface area contributed by atoms with Crippen LogP contribution >= 0.6 is 0 Å². The Bertz CT molecular complexity index is 591. The van der Waals surface area contributed by atoms with Crippen LogP contribution in [0.4, 0.5) is 11.4 Å². The average molecular weight is 310 g/mol. The molecular formula is C14H22N4O2S. The molecule has 1 saturated carbocycles. The lowest BCUT2D eigenvalue weighted by atomic mass is 10.2. The molecule has 2 N–H and O–H groups in total. The van der Waals surface area contributed by atoms with E-state index in [-0.39, 0.29) is 5.25 Å². The summed E-state index contributed by atoms with van der Waals surface area (Å²) in [5.41, 5.74) is 7.53. The van der Waals surface area contributed by atoms with Gasteiger partial charge in [0, 0.05) is 32.4 Å². The van der Waals surface area contributed by atoms with E-state index in [0.29, 0.717) is 31.9 Å². The number of anilines is 2. The Morgan fingerprint density at radius 2 is 1.81 bits per heavy atom. The molecule has 0 amide bonds. The molecule has 2 aliphatic rings. The first-order chi connectivity index (χ1) is 10.1. The van der Waals surface area contributed by atoms with Gasteiger partial charge in [0.15, 0.2) is 0 Å². The molecule has 2 heterocycles. The molecule has 1 aromatic rings. The Labute approximate surface area is 126 Å². The number of hydrogen-bond donors (Lipinski definition) is 1. The summed E-state index contributed by atoms with van der Waals surface area (Å²) in [6.07, 6.45) is 7.07. The number of hydrogen-bond acceptors (Lipinski definition) is 5. The molecule has 7 heteroatoms. The van der Waals surface area contributed by atoms with Crippen molar-refractivity contribution in [2.45, 2.75) is 30.9 Å². The molecule has 1 saturated heterocycles. The lowest BCUT2D eigenvalue weighted by Crippen LogP contribution is -2.51. The zero-order chi connectivity index (χ0) is 14.9. The third-order valence-electron chi connectivity index (χ3n) is 4.49. The van der Waals surface area contributed by atoms with Crippen molar-refractivity contribution in [2.75, 3.05) is 36.8 Å². The van der Waals surface area contributed by atoms with E-state index in [9.17, 15) is 8.42 Å². The highest BCUT2D eigenvalue weighted by Crippen LogP contribution is 2.29. The fourth-order valence-corrected chi connectivity index (χ4v) is 5.29. The number of aromatic nitrogens is 1. The highest BCUT2D eigenvalue weighted by molar-refractivity contribution is 7.89. The number of rotatable bonds is 3. The third kappa shape index (κ3) is 2.85. The van der Waals surface area contributed by atoms with Gasteiger partial charge < -0.3 is 10.6 Å². The summed E-state index contributed by atoms with van der Waals surface area (Å²) in [5, 5.41) is -0.157. The van der Waals surface area contributed by atoms with Crippen molar-refractivity contribution in [1.29, 1.82) is 0 Å². The van der Waals surface area contributed by atoms with Crippen LogP contribution in [0.15, 0.2) is 18.5 Å². The van der Waals surface area contributed by atoms with Crippen LogP contribution in [0.2, 0.25) is 0 Å². The van der Waals surface area contributed by atoms with E-state index < -0.39 is 10.0 Å². The van der Waals surface area contributed by atoms with Crippen molar-refractivity contribution in [3.05, 3.63) is 18.5 Å². The minimum absolute atomic E-state index is 0.157. The summed E-state index contributed by atoms with van der Waals surface area (Å²) in [5.74, 6) is 0. The van der Waals surface area contributed by atoms with E-state index in [1.165, 1.54) is 0 Å². The van der Waals surface area contributed by atoms with Crippen molar-refractivity contribution in [1.82, 2.24) is 9.29 Å². The number of sulfonamides is 1. The first-order valence-corrected chi connectivity index (χ1v) is 9.03. The van der Waals surface area contributed by atoms with Crippen molar-refractivity contribution in [3.63, 3.8) is 0 Å². The standard InChI is InChI=1S/C14H22N4O2S/c15-13-11-16-6-5-14(13)17-7-9-18(10-8-17)21(19,20)12-3-1-2-4-12/h5-6,11-12H,1-4,7-10,15H2. The molecule has 6 nitrogen and oxygen atoms in total. The molecule has 0 bridgehead atoms. The van der Waals surface area contributed by atoms with Gasteiger partial charge in [-0.15, -0.1) is 0 Å². The van der Waals surface area contributed by atoms with Crippen LogP contribution in [0.25, 0.3) is 0 Å². The Morgan fingerprint density at radius 3 is 2.43 bits per heavy atom. The molecule has 0 spiro atoms. The first kappa shape index (κ1) is 14.6. The SMILES string of the molecule is Nc1cnccc1N1CCN(S(=O)(=O)C2CCCC2)CC1. The lowest BCUT2D eigenvalue weighted by Gasteiger charge is -2.36. The third-order valence-corrected chi connectivity index (χ3v) is 6.89. The molecule has 21 heavy (non-hydrogen) atoms. The number of piperazine rings is 1. The highest BCUT2D eigenvalue weighted by Gasteiger charge is 2.35. The minimum atomic E-state index is -3.11. The van der Waals surface area contributed by atoms with E-state index >= 15 is 0 Å².